The van der Waals surface area contributed by atoms with Gasteiger partial charge >= 0.3 is 0 Å². The van der Waals surface area contributed by atoms with E-state index < -0.39 is 0 Å². The molecule has 1 heterocycles. The van der Waals surface area contributed by atoms with Crippen LogP contribution in [-0.2, 0) is 16.1 Å². The Kier molecular flexibility index (Phi) is 6.55. The fourth-order valence-corrected chi connectivity index (χ4v) is 2.28. The lowest BCUT2D eigenvalue weighted by atomic mass is 10.1. The van der Waals surface area contributed by atoms with Gasteiger partial charge in [-0.2, -0.15) is 5.10 Å². The van der Waals surface area contributed by atoms with Crippen LogP contribution < -0.4 is 5.32 Å². The van der Waals surface area contributed by atoms with Crippen LogP contribution in [0.3, 0.4) is 0 Å². The maximum absolute atomic E-state index is 12.0. The smallest absolute Gasteiger partial charge is 0.227 e. The van der Waals surface area contributed by atoms with Crippen LogP contribution in [-0.4, -0.2) is 40.6 Å². The number of nitrogens with one attached hydrogen (secondary N) is 1. The molecule has 0 aliphatic heterocycles. The molecule has 2 aromatic rings. The highest BCUT2D eigenvalue weighted by Gasteiger charge is 2.13. The zero-order valence-electron chi connectivity index (χ0n) is 13.7. The number of hydrogen-bond acceptors (Lipinski definition) is 4. The molecule has 0 spiro atoms. The summed E-state index contributed by atoms with van der Waals surface area (Å²) in [4.78, 5) is 12.0. The van der Waals surface area contributed by atoms with E-state index in [-0.39, 0.29) is 32.1 Å². The molecule has 0 radical (unpaired) electrons. The number of rotatable bonds is 8. The van der Waals surface area contributed by atoms with E-state index in [1.807, 2.05) is 31.2 Å². The molecular formula is C18H21N3O3. The molecule has 0 aliphatic carbocycles. The number of amides is 1. The monoisotopic (exact) mass is 327 g/mol. The van der Waals surface area contributed by atoms with Crippen LogP contribution in [0.25, 0.3) is 11.3 Å². The molecule has 1 amide bonds. The highest BCUT2D eigenvalue weighted by molar-refractivity contribution is 5.90. The molecule has 0 aliphatic rings. The molecule has 1 aromatic heterocycles. The van der Waals surface area contributed by atoms with Crippen molar-refractivity contribution >= 4 is 11.7 Å². The molecule has 6 heteroatoms. The molecular weight excluding hydrogens is 306 g/mol. The van der Waals surface area contributed by atoms with Gasteiger partial charge in [0.1, 0.15) is 12.4 Å². The van der Waals surface area contributed by atoms with E-state index in [9.17, 15) is 9.90 Å². The number of carbonyl (C=O) groups excluding carboxylic acids is 1. The average Bonchev–Trinajstić information content (AvgIpc) is 2.95. The number of anilines is 1. The van der Waals surface area contributed by atoms with Crippen LogP contribution in [0.15, 0.2) is 30.3 Å². The third-order valence-corrected chi connectivity index (χ3v) is 3.44. The first-order valence-corrected chi connectivity index (χ1v) is 7.71. The number of terminal acetylenes is 1. The molecule has 0 saturated heterocycles. The number of benzene rings is 1. The summed E-state index contributed by atoms with van der Waals surface area (Å²) in [7, 11) is 0. The molecule has 0 fully saturated rings. The first-order valence-electron chi connectivity index (χ1n) is 7.71. The number of aryl methyl sites for hydroxylation is 1. The normalized spacial score (nSPS) is 10.4. The minimum absolute atomic E-state index is 0.0664. The van der Waals surface area contributed by atoms with Gasteiger partial charge in [-0.1, -0.05) is 30.2 Å². The zero-order valence-corrected chi connectivity index (χ0v) is 13.7. The zero-order chi connectivity index (χ0) is 17.4. The second-order valence-corrected chi connectivity index (χ2v) is 5.23. The Bertz CT molecular complexity index is 731. The summed E-state index contributed by atoms with van der Waals surface area (Å²) in [6.07, 6.45) is 5.28. The number of nitrogens with zero attached hydrogens (tertiary/aromatic N) is 2. The molecule has 0 atom stereocenters. The molecule has 1 aromatic carbocycles. The van der Waals surface area contributed by atoms with Crippen LogP contribution in [0.5, 0.6) is 0 Å². The van der Waals surface area contributed by atoms with Crippen molar-refractivity contribution in [1.82, 2.24) is 9.78 Å². The third-order valence-electron chi connectivity index (χ3n) is 3.44. The van der Waals surface area contributed by atoms with Crippen molar-refractivity contribution in [1.29, 1.82) is 0 Å². The van der Waals surface area contributed by atoms with Gasteiger partial charge in [-0.05, 0) is 12.5 Å². The summed E-state index contributed by atoms with van der Waals surface area (Å²) in [5.41, 5.74) is 2.83. The Morgan fingerprint density at radius 1 is 1.46 bits per heavy atom. The Morgan fingerprint density at radius 3 is 2.96 bits per heavy atom. The SMILES string of the molecule is C#CCOCCC(=O)Nc1cc(-c2ccccc2C)nn1CCO. The lowest BCUT2D eigenvalue weighted by molar-refractivity contribution is -0.117. The van der Waals surface area contributed by atoms with E-state index in [1.54, 1.807) is 10.7 Å². The van der Waals surface area contributed by atoms with Gasteiger partial charge in [0.25, 0.3) is 0 Å². The van der Waals surface area contributed by atoms with Gasteiger partial charge in [-0.25, -0.2) is 4.68 Å². The lowest BCUT2D eigenvalue weighted by Crippen LogP contribution is -2.18. The van der Waals surface area contributed by atoms with Crippen molar-refractivity contribution in [2.45, 2.75) is 19.9 Å². The standard InChI is InChI=1S/C18H21N3O3/c1-3-11-24-12-8-18(23)19-17-13-16(20-21(17)9-10-22)15-7-5-4-6-14(15)2/h1,4-7,13,22H,8-12H2,2H3,(H,19,23). The lowest BCUT2D eigenvalue weighted by Gasteiger charge is -2.07. The molecule has 126 valence electrons. The highest BCUT2D eigenvalue weighted by Crippen LogP contribution is 2.25. The Labute approximate surface area is 141 Å². The topological polar surface area (TPSA) is 76.4 Å². The van der Waals surface area contributed by atoms with E-state index in [2.05, 4.69) is 16.3 Å². The summed E-state index contributed by atoms with van der Waals surface area (Å²) < 4.78 is 6.69. The Balaban J connectivity index is 2.13. The first-order chi connectivity index (χ1) is 11.7. The quantitative estimate of drug-likeness (QED) is 0.573. The minimum Gasteiger partial charge on any atom is -0.394 e. The Hall–Kier alpha value is -2.62. The van der Waals surface area contributed by atoms with Gasteiger partial charge in [-0.3, -0.25) is 4.79 Å². The predicted octanol–water partition coefficient (Wildman–Crippen LogP) is 1.83. The fraction of sp³-hybridized carbons (Fsp3) is 0.333. The maximum Gasteiger partial charge on any atom is 0.227 e. The van der Waals surface area contributed by atoms with Crippen LogP contribution in [0.4, 0.5) is 5.82 Å². The van der Waals surface area contributed by atoms with Gasteiger partial charge in [0, 0.05) is 11.6 Å². The van der Waals surface area contributed by atoms with Crippen molar-refractivity contribution < 1.29 is 14.6 Å². The predicted molar refractivity (Wildman–Crippen MR) is 92.4 cm³/mol. The third kappa shape index (κ3) is 4.69. The van der Waals surface area contributed by atoms with Crippen molar-refractivity contribution in [3.63, 3.8) is 0 Å². The molecule has 0 saturated carbocycles. The number of aliphatic hydroxyl groups is 1. The summed E-state index contributed by atoms with van der Waals surface area (Å²) >= 11 is 0. The minimum atomic E-state index is -0.192. The van der Waals surface area contributed by atoms with Crippen molar-refractivity contribution in [3.05, 3.63) is 35.9 Å². The fourth-order valence-electron chi connectivity index (χ4n) is 2.28. The van der Waals surface area contributed by atoms with E-state index in [4.69, 9.17) is 11.2 Å². The van der Waals surface area contributed by atoms with Crippen molar-refractivity contribution in [2.24, 2.45) is 0 Å². The van der Waals surface area contributed by atoms with E-state index >= 15 is 0 Å². The van der Waals surface area contributed by atoms with Gasteiger partial charge in [0.15, 0.2) is 0 Å². The van der Waals surface area contributed by atoms with Gasteiger partial charge in [-0.15, -0.1) is 6.42 Å². The van der Waals surface area contributed by atoms with Crippen LogP contribution in [0.2, 0.25) is 0 Å². The number of aliphatic hydroxyl groups excluding tert-OH is 1. The van der Waals surface area contributed by atoms with Crippen LogP contribution >= 0.6 is 0 Å². The molecule has 6 nitrogen and oxygen atoms in total. The van der Waals surface area contributed by atoms with Crippen LogP contribution in [0, 0.1) is 19.3 Å². The van der Waals surface area contributed by atoms with Gasteiger partial charge in [0.2, 0.25) is 5.91 Å². The number of ether oxygens (including phenoxy) is 1. The van der Waals surface area contributed by atoms with Crippen molar-refractivity contribution in [2.75, 3.05) is 25.1 Å². The molecule has 0 unspecified atom stereocenters. The largest absolute Gasteiger partial charge is 0.394 e. The number of hydrogen-bond donors (Lipinski definition) is 2. The second kappa shape index (κ2) is 8.87. The van der Waals surface area contributed by atoms with E-state index in [1.165, 1.54) is 0 Å². The van der Waals surface area contributed by atoms with E-state index in [0.29, 0.717) is 12.4 Å². The summed E-state index contributed by atoms with van der Waals surface area (Å²) in [5, 5.41) is 16.5. The summed E-state index contributed by atoms with van der Waals surface area (Å²) in [6, 6.07) is 9.68. The highest BCUT2D eigenvalue weighted by atomic mass is 16.5. The second-order valence-electron chi connectivity index (χ2n) is 5.23. The van der Waals surface area contributed by atoms with Gasteiger partial charge < -0.3 is 15.2 Å². The van der Waals surface area contributed by atoms with E-state index in [0.717, 1.165) is 16.8 Å². The molecule has 2 rings (SSSR count). The number of carbonyl (C=O) groups is 1. The molecule has 24 heavy (non-hydrogen) atoms. The first kappa shape index (κ1) is 17.7. The average molecular weight is 327 g/mol. The number of aromatic nitrogens is 2. The summed E-state index contributed by atoms with van der Waals surface area (Å²) in [6.45, 7) is 2.68. The summed E-state index contributed by atoms with van der Waals surface area (Å²) in [5.74, 6) is 2.70. The maximum atomic E-state index is 12.0. The van der Waals surface area contributed by atoms with Crippen molar-refractivity contribution in [3.8, 4) is 23.6 Å². The Morgan fingerprint density at radius 2 is 2.25 bits per heavy atom. The van der Waals surface area contributed by atoms with Crippen LogP contribution in [0.1, 0.15) is 12.0 Å². The molecule has 2 N–H and O–H groups in total. The van der Waals surface area contributed by atoms with Gasteiger partial charge in [0.05, 0.1) is 31.9 Å². The molecule has 0 bridgehead atoms.